The van der Waals surface area contributed by atoms with Crippen molar-refractivity contribution in [3.63, 3.8) is 0 Å². The molecule has 0 atom stereocenters. The SMILES string of the molecule is Cc1ccc(Cl)cc1C(=O)C(Br)(Br)Br. The number of aryl methyl sites for hydroxylation is 1. The number of ketones is 1. The highest BCUT2D eigenvalue weighted by Gasteiger charge is 2.30. The topological polar surface area (TPSA) is 17.1 Å². The van der Waals surface area contributed by atoms with Gasteiger partial charge in [0.1, 0.15) is 0 Å². The fourth-order valence-corrected chi connectivity index (χ4v) is 1.80. The molecule has 0 aliphatic heterocycles. The number of hydrogen-bond acceptors (Lipinski definition) is 1. The van der Waals surface area contributed by atoms with E-state index in [0.717, 1.165) is 5.56 Å². The van der Waals surface area contributed by atoms with Crippen LogP contribution in [0.5, 0.6) is 0 Å². The van der Waals surface area contributed by atoms with Crippen molar-refractivity contribution in [3.8, 4) is 0 Å². The summed E-state index contributed by atoms with van der Waals surface area (Å²) < 4.78 is -0.914. The van der Waals surface area contributed by atoms with E-state index < -0.39 is 2.14 Å². The van der Waals surface area contributed by atoms with Crippen molar-refractivity contribution in [2.75, 3.05) is 0 Å². The smallest absolute Gasteiger partial charge is 0.201 e. The lowest BCUT2D eigenvalue weighted by molar-refractivity contribution is 0.101. The van der Waals surface area contributed by atoms with Crippen LogP contribution in [-0.2, 0) is 0 Å². The average Bonchev–Trinajstić information content (AvgIpc) is 2.06. The second kappa shape index (κ2) is 4.64. The molecule has 0 aliphatic carbocycles. The third-order valence-electron chi connectivity index (χ3n) is 1.70. The van der Waals surface area contributed by atoms with E-state index >= 15 is 0 Å². The van der Waals surface area contributed by atoms with E-state index in [9.17, 15) is 4.79 Å². The van der Waals surface area contributed by atoms with Gasteiger partial charge in [0.25, 0.3) is 0 Å². The second-order valence-corrected chi connectivity index (χ2v) is 9.98. The Labute approximate surface area is 113 Å². The van der Waals surface area contributed by atoms with Gasteiger partial charge >= 0.3 is 0 Å². The standard InChI is InChI=1S/C9H6Br3ClO/c1-5-2-3-6(13)4-7(5)8(14)9(10,11)12/h2-4H,1H3. The summed E-state index contributed by atoms with van der Waals surface area (Å²) >= 11 is 15.4. The number of rotatable bonds is 1. The molecule has 0 amide bonds. The molecule has 1 aromatic carbocycles. The van der Waals surface area contributed by atoms with Gasteiger partial charge in [0, 0.05) is 10.6 Å². The molecule has 0 N–H and O–H groups in total. The predicted octanol–water partition coefficient (Wildman–Crippen LogP) is 4.67. The van der Waals surface area contributed by atoms with Crippen LogP contribution < -0.4 is 0 Å². The first-order chi connectivity index (χ1) is 6.32. The number of hydrogen-bond donors (Lipinski definition) is 0. The first kappa shape index (κ1) is 12.7. The van der Waals surface area contributed by atoms with Crippen LogP contribution in [0.3, 0.4) is 0 Å². The number of Topliss-reactive ketones (excluding diaryl/α,β-unsaturated/α-hetero) is 1. The summed E-state index contributed by atoms with van der Waals surface area (Å²) in [4.78, 5) is 11.8. The molecule has 1 nitrogen and oxygen atoms in total. The van der Waals surface area contributed by atoms with Gasteiger partial charge in [0.15, 0.2) is 2.14 Å². The van der Waals surface area contributed by atoms with E-state index in [1.54, 1.807) is 12.1 Å². The van der Waals surface area contributed by atoms with E-state index in [-0.39, 0.29) is 5.78 Å². The molecule has 0 aromatic heterocycles. The van der Waals surface area contributed by atoms with Crippen molar-refractivity contribution in [2.45, 2.75) is 9.07 Å². The number of alkyl halides is 3. The first-order valence-electron chi connectivity index (χ1n) is 3.70. The first-order valence-corrected chi connectivity index (χ1v) is 6.46. The van der Waals surface area contributed by atoms with E-state index in [2.05, 4.69) is 47.8 Å². The molecule has 0 saturated heterocycles. The molecular formula is C9H6Br3ClO. The monoisotopic (exact) mass is 402 g/mol. The Balaban J connectivity index is 3.19. The Bertz CT molecular complexity index is 371. The summed E-state index contributed by atoms with van der Waals surface area (Å²) in [6.07, 6.45) is 0. The molecule has 0 saturated carbocycles. The number of benzene rings is 1. The Kier molecular flexibility index (Phi) is 4.21. The molecule has 0 bridgehead atoms. The lowest BCUT2D eigenvalue weighted by Crippen LogP contribution is -2.18. The summed E-state index contributed by atoms with van der Waals surface area (Å²) in [5, 5.41) is 0.552. The molecule has 1 rings (SSSR count). The van der Waals surface area contributed by atoms with E-state index in [1.165, 1.54) is 0 Å². The summed E-state index contributed by atoms with van der Waals surface area (Å²) in [6, 6.07) is 5.22. The van der Waals surface area contributed by atoms with Crippen molar-refractivity contribution in [3.05, 3.63) is 34.3 Å². The third kappa shape index (κ3) is 3.05. The zero-order valence-corrected chi connectivity index (χ0v) is 12.7. The Hall–Kier alpha value is 0.620. The maximum atomic E-state index is 11.8. The maximum absolute atomic E-state index is 11.8. The van der Waals surface area contributed by atoms with Crippen molar-refractivity contribution >= 4 is 65.2 Å². The fraction of sp³-hybridized carbons (Fsp3) is 0.222. The minimum absolute atomic E-state index is 0.113. The van der Waals surface area contributed by atoms with E-state index in [0.29, 0.717) is 10.6 Å². The Morgan fingerprint density at radius 1 is 1.36 bits per heavy atom. The predicted molar refractivity (Wildman–Crippen MR) is 70.0 cm³/mol. The minimum Gasteiger partial charge on any atom is -0.291 e. The zero-order valence-electron chi connectivity index (χ0n) is 7.15. The van der Waals surface area contributed by atoms with Crippen LogP contribution in [0.25, 0.3) is 0 Å². The molecular weight excluding hydrogens is 399 g/mol. The van der Waals surface area contributed by atoms with Gasteiger partial charge in [-0.2, -0.15) is 0 Å². The molecule has 0 fully saturated rings. The summed E-state index contributed by atoms with van der Waals surface area (Å²) in [5.74, 6) is -0.113. The fourth-order valence-electron chi connectivity index (χ4n) is 0.992. The molecule has 0 spiro atoms. The van der Waals surface area contributed by atoms with Crippen molar-refractivity contribution < 1.29 is 4.79 Å². The van der Waals surface area contributed by atoms with Gasteiger partial charge in [-0.05, 0) is 24.6 Å². The quantitative estimate of drug-likeness (QED) is 0.490. The summed E-state index contributed by atoms with van der Waals surface area (Å²) in [5.41, 5.74) is 1.48. The summed E-state index contributed by atoms with van der Waals surface area (Å²) in [6.45, 7) is 1.86. The van der Waals surface area contributed by atoms with E-state index in [4.69, 9.17) is 11.6 Å². The van der Waals surface area contributed by atoms with Gasteiger partial charge in [-0.25, -0.2) is 0 Å². The highest BCUT2D eigenvalue weighted by Crippen LogP contribution is 2.37. The van der Waals surface area contributed by atoms with Gasteiger partial charge in [-0.1, -0.05) is 65.5 Å². The minimum atomic E-state index is -0.914. The molecule has 76 valence electrons. The van der Waals surface area contributed by atoms with Gasteiger partial charge in [0.2, 0.25) is 5.78 Å². The van der Waals surface area contributed by atoms with Gasteiger partial charge < -0.3 is 0 Å². The Morgan fingerprint density at radius 3 is 2.43 bits per heavy atom. The van der Waals surface area contributed by atoms with Gasteiger partial charge in [-0.15, -0.1) is 0 Å². The van der Waals surface area contributed by atoms with E-state index in [1.807, 2.05) is 13.0 Å². The maximum Gasteiger partial charge on any atom is 0.201 e. The molecule has 14 heavy (non-hydrogen) atoms. The van der Waals surface area contributed by atoms with Crippen LogP contribution in [0, 0.1) is 6.92 Å². The van der Waals surface area contributed by atoms with Crippen LogP contribution >= 0.6 is 59.4 Å². The highest BCUT2D eigenvalue weighted by atomic mass is 80.0. The third-order valence-corrected chi connectivity index (χ3v) is 3.02. The lowest BCUT2D eigenvalue weighted by Gasteiger charge is -2.12. The van der Waals surface area contributed by atoms with Crippen LogP contribution in [0.15, 0.2) is 18.2 Å². The van der Waals surface area contributed by atoms with Gasteiger partial charge in [-0.3, -0.25) is 4.79 Å². The van der Waals surface area contributed by atoms with Crippen molar-refractivity contribution in [2.24, 2.45) is 0 Å². The van der Waals surface area contributed by atoms with Crippen LogP contribution in [0.2, 0.25) is 5.02 Å². The average molecular weight is 405 g/mol. The molecule has 1 aromatic rings. The zero-order chi connectivity index (χ0) is 10.9. The second-order valence-electron chi connectivity index (χ2n) is 2.79. The number of carbonyl (C=O) groups is 1. The lowest BCUT2D eigenvalue weighted by atomic mass is 10.1. The molecule has 0 aliphatic rings. The van der Waals surface area contributed by atoms with Crippen molar-refractivity contribution in [1.82, 2.24) is 0 Å². The normalized spacial score (nSPS) is 11.5. The molecule has 0 unspecified atom stereocenters. The molecule has 0 heterocycles. The van der Waals surface area contributed by atoms with Crippen LogP contribution in [-0.4, -0.2) is 7.93 Å². The van der Waals surface area contributed by atoms with Gasteiger partial charge in [0.05, 0.1) is 0 Å². The van der Waals surface area contributed by atoms with Crippen LogP contribution in [0.1, 0.15) is 15.9 Å². The highest BCUT2D eigenvalue weighted by molar-refractivity contribution is 9.40. The molecule has 5 heteroatoms. The molecule has 0 radical (unpaired) electrons. The summed E-state index contributed by atoms with van der Waals surface area (Å²) in [7, 11) is 0. The number of halogens is 4. The largest absolute Gasteiger partial charge is 0.291 e. The van der Waals surface area contributed by atoms with Crippen molar-refractivity contribution in [1.29, 1.82) is 0 Å². The number of carbonyl (C=O) groups excluding carboxylic acids is 1. The Morgan fingerprint density at radius 2 is 1.93 bits per heavy atom. The van der Waals surface area contributed by atoms with Crippen LogP contribution in [0.4, 0.5) is 0 Å².